The van der Waals surface area contributed by atoms with E-state index >= 15 is 0 Å². The third-order valence-corrected chi connectivity index (χ3v) is 3.75. The Labute approximate surface area is 137 Å². The van der Waals surface area contributed by atoms with Gasteiger partial charge in [0, 0.05) is 13.0 Å². The van der Waals surface area contributed by atoms with Crippen LogP contribution in [0.15, 0.2) is 24.3 Å². The minimum Gasteiger partial charge on any atom is -0.467 e. The Balaban J connectivity index is 2.05. The van der Waals surface area contributed by atoms with Crippen LogP contribution in [0.25, 0.3) is 0 Å². The summed E-state index contributed by atoms with van der Waals surface area (Å²) in [5.41, 5.74) is -0.296. The van der Waals surface area contributed by atoms with Crippen LogP contribution in [-0.2, 0) is 31.7 Å². The molecule has 2 atom stereocenters. The van der Waals surface area contributed by atoms with Crippen LogP contribution in [0, 0.1) is 0 Å². The highest BCUT2D eigenvalue weighted by molar-refractivity contribution is 5.87. The fourth-order valence-electron chi connectivity index (χ4n) is 2.45. The van der Waals surface area contributed by atoms with Crippen LogP contribution < -0.4 is 5.32 Å². The Morgan fingerprint density at radius 1 is 1.33 bits per heavy atom. The maximum atomic E-state index is 12.6. The zero-order chi connectivity index (χ0) is 17.7. The quantitative estimate of drug-likeness (QED) is 0.830. The predicted octanol–water partition coefficient (Wildman–Crippen LogP) is 2.08. The van der Waals surface area contributed by atoms with Gasteiger partial charge < -0.3 is 14.8 Å². The van der Waals surface area contributed by atoms with Gasteiger partial charge in [-0.15, -0.1) is 0 Å². The van der Waals surface area contributed by atoms with Gasteiger partial charge in [0.1, 0.15) is 12.1 Å². The number of carbonyl (C=O) groups excluding carboxylic acids is 2. The Bertz CT molecular complexity index is 580. The van der Waals surface area contributed by atoms with Crippen molar-refractivity contribution < 1.29 is 32.2 Å². The molecule has 1 fully saturated rings. The van der Waals surface area contributed by atoms with Crippen molar-refractivity contribution in [2.24, 2.45) is 0 Å². The maximum absolute atomic E-state index is 12.6. The van der Waals surface area contributed by atoms with E-state index in [0.717, 1.165) is 18.6 Å². The van der Waals surface area contributed by atoms with Crippen molar-refractivity contribution in [2.75, 3.05) is 13.7 Å². The molecule has 0 bridgehead atoms. The van der Waals surface area contributed by atoms with Gasteiger partial charge >= 0.3 is 12.1 Å². The van der Waals surface area contributed by atoms with E-state index in [-0.39, 0.29) is 6.42 Å². The third-order valence-electron chi connectivity index (χ3n) is 3.75. The lowest BCUT2D eigenvalue weighted by atomic mass is 10.0. The summed E-state index contributed by atoms with van der Waals surface area (Å²) in [6, 6.07) is 3.44. The Morgan fingerprint density at radius 2 is 2.00 bits per heavy atom. The van der Waals surface area contributed by atoms with Gasteiger partial charge in [-0.3, -0.25) is 4.79 Å². The molecule has 0 aliphatic carbocycles. The number of hydrogen-bond acceptors (Lipinski definition) is 4. The molecule has 1 aromatic carbocycles. The zero-order valence-corrected chi connectivity index (χ0v) is 13.1. The molecule has 2 rings (SSSR count). The summed E-state index contributed by atoms with van der Waals surface area (Å²) in [5, 5.41) is 2.54. The van der Waals surface area contributed by atoms with Gasteiger partial charge in [-0.05, 0) is 30.5 Å². The lowest BCUT2D eigenvalue weighted by Crippen LogP contribution is -2.47. The summed E-state index contributed by atoms with van der Waals surface area (Å²) in [6.07, 6.45) is -3.66. The first-order valence-electron chi connectivity index (χ1n) is 7.47. The highest BCUT2D eigenvalue weighted by Crippen LogP contribution is 2.29. The molecule has 1 heterocycles. The van der Waals surface area contributed by atoms with E-state index < -0.39 is 35.8 Å². The van der Waals surface area contributed by atoms with Crippen LogP contribution in [0.5, 0.6) is 0 Å². The van der Waals surface area contributed by atoms with Gasteiger partial charge in [-0.1, -0.05) is 12.1 Å². The average Bonchev–Trinajstić information content (AvgIpc) is 3.07. The number of esters is 1. The summed E-state index contributed by atoms with van der Waals surface area (Å²) < 4.78 is 47.6. The normalized spacial score (nSPS) is 18.9. The van der Waals surface area contributed by atoms with Crippen LogP contribution in [0.1, 0.15) is 24.0 Å². The number of alkyl halides is 3. The molecule has 0 unspecified atom stereocenters. The van der Waals surface area contributed by atoms with E-state index in [1.807, 2.05) is 0 Å². The van der Waals surface area contributed by atoms with Gasteiger partial charge in [0.05, 0.1) is 12.7 Å². The highest BCUT2D eigenvalue weighted by atomic mass is 19.4. The molecule has 0 radical (unpaired) electrons. The zero-order valence-electron chi connectivity index (χ0n) is 13.1. The fraction of sp³-hybridized carbons (Fsp3) is 0.500. The Hall–Kier alpha value is -2.09. The molecule has 1 N–H and O–H groups in total. The molecule has 1 amide bonds. The van der Waals surface area contributed by atoms with Crippen molar-refractivity contribution in [2.45, 2.75) is 37.6 Å². The smallest absolute Gasteiger partial charge is 0.416 e. The number of nitrogens with one attached hydrogen (secondary N) is 1. The molecule has 8 heteroatoms. The van der Waals surface area contributed by atoms with Crippen LogP contribution in [0.3, 0.4) is 0 Å². The van der Waals surface area contributed by atoms with Crippen LogP contribution >= 0.6 is 0 Å². The molecular weight excluding hydrogens is 327 g/mol. The first-order chi connectivity index (χ1) is 11.3. The number of methoxy groups -OCH3 is 1. The van der Waals surface area contributed by atoms with Crippen LogP contribution in [0.2, 0.25) is 0 Å². The molecule has 0 saturated carbocycles. The van der Waals surface area contributed by atoms with Gasteiger partial charge in [0.2, 0.25) is 5.91 Å². The second-order valence-corrected chi connectivity index (χ2v) is 5.48. The minimum atomic E-state index is -4.42. The minimum absolute atomic E-state index is 0.0310. The number of carbonyl (C=O) groups is 2. The van der Waals surface area contributed by atoms with Gasteiger partial charge in [-0.25, -0.2) is 4.79 Å². The Morgan fingerprint density at radius 3 is 2.50 bits per heavy atom. The summed E-state index contributed by atoms with van der Waals surface area (Å²) in [7, 11) is 1.18. The van der Waals surface area contributed by atoms with Crippen molar-refractivity contribution in [3.63, 3.8) is 0 Å². The summed E-state index contributed by atoms with van der Waals surface area (Å²) in [6.45, 7) is 0.486. The van der Waals surface area contributed by atoms with E-state index in [9.17, 15) is 22.8 Å². The van der Waals surface area contributed by atoms with Crippen LogP contribution in [-0.4, -0.2) is 37.7 Å². The molecule has 1 saturated heterocycles. The van der Waals surface area contributed by atoms with Crippen molar-refractivity contribution in [3.05, 3.63) is 35.4 Å². The first-order valence-corrected chi connectivity index (χ1v) is 7.47. The van der Waals surface area contributed by atoms with Gasteiger partial charge in [0.25, 0.3) is 0 Å². The van der Waals surface area contributed by atoms with Crippen molar-refractivity contribution in [1.29, 1.82) is 0 Å². The molecule has 1 aromatic rings. The van der Waals surface area contributed by atoms with E-state index in [1.165, 1.54) is 19.2 Å². The van der Waals surface area contributed by atoms with E-state index in [1.54, 1.807) is 0 Å². The van der Waals surface area contributed by atoms with E-state index in [2.05, 4.69) is 10.1 Å². The standard InChI is InChI=1S/C16H18F3NO4/c1-23-15(22)12(20-14(21)13-3-2-8-24-13)9-10-4-6-11(7-5-10)16(17,18)19/h4-7,12-13H,2-3,8-9H2,1H3,(H,20,21)/t12-,13-/m1/s1. The number of halogens is 3. The number of benzene rings is 1. The first kappa shape index (κ1) is 18.3. The van der Waals surface area contributed by atoms with E-state index in [0.29, 0.717) is 18.6 Å². The number of ether oxygens (including phenoxy) is 2. The van der Waals surface area contributed by atoms with Crippen molar-refractivity contribution >= 4 is 11.9 Å². The molecule has 132 valence electrons. The number of rotatable bonds is 5. The average molecular weight is 345 g/mol. The fourth-order valence-corrected chi connectivity index (χ4v) is 2.45. The molecule has 5 nitrogen and oxygen atoms in total. The maximum Gasteiger partial charge on any atom is 0.416 e. The largest absolute Gasteiger partial charge is 0.467 e. The number of amides is 1. The summed E-state index contributed by atoms with van der Waals surface area (Å²) >= 11 is 0. The SMILES string of the molecule is COC(=O)[C@@H](Cc1ccc(C(F)(F)F)cc1)NC(=O)[C@H]1CCCO1. The lowest BCUT2D eigenvalue weighted by molar-refractivity contribution is -0.146. The monoisotopic (exact) mass is 345 g/mol. The predicted molar refractivity (Wildman–Crippen MR) is 78.1 cm³/mol. The lowest BCUT2D eigenvalue weighted by Gasteiger charge is -2.19. The molecule has 1 aliphatic heterocycles. The molecule has 1 aliphatic rings. The molecule has 0 aromatic heterocycles. The highest BCUT2D eigenvalue weighted by Gasteiger charge is 2.31. The molecular formula is C16H18F3NO4. The Kier molecular flexibility index (Phi) is 5.82. The van der Waals surface area contributed by atoms with Gasteiger partial charge in [0.15, 0.2) is 0 Å². The van der Waals surface area contributed by atoms with Gasteiger partial charge in [-0.2, -0.15) is 13.2 Å². The summed E-state index contributed by atoms with van der Waals surface area (Å²) in [5.74, 6) is -1.09. The van der Waals surface area contributed by atoms with Crippen LogP contribution in [0.4, 0.5) is 13.2 Å². The number of hydrogen-bond donors (Lipinski definition) is 1. The second kappa shape index (κ2) is 7.65. The summed E-state index contributed by atoms with van der Waals surface area (Å²) in [4.78, 5) is 23.9. The molecule has 24 heavy (non-hydrogen) atoms. The van der Waals surface area contributed by atoms with E-state index in [4.69, 9.17) is 4.74 Å². The van der Waals surface area contributed by atoms with Crippen molar-refractivity contribution in [1.82, 2.24) is 5.32 Å². The topological polar surface area (TPSA) is 64.6 Å². The second-order valence-electron chi connectivity index (χ2n) is 5.48. The third kappa shape index (κ3) is 4.70. The van der Waals surface area contributed by atoms with Crippen molar-refractivity contribution in [3.8, 4) is 0 Å². The molecule has 0 spiro atoms.